The Morgan fingerprint density at radius 2 is 2.03 bits per heavy atom. The van der Waals surface area contributed by atoms with Gasteiger partial charge in [0.1, 0.15) is 5.82 Å². The van der Waals surface area contributed by atoms with Crippen LogP contribution in [-0.4, -0.2) is 72.2 Å². The molecular formula is C24H34FN5O2. The minimum absolute atomic E-state index is 0.246. The molecule has 1 aromatic carbocycles. The van der Waals surface area contributed by atoms with Crippen LogP contribution in [0, 0.1) is 5.82 Å². The number of hydrogen-bond donors (Lipinski definition) is 1. The average molecular weight is 444 g/mol. The van der Waals surface area contributed by atoms with Crippen molar-refractivity contribution in [3.63, 3.8) is 0 Å². The minimum atomic E-state index is -0.246. The smallest absolute Gasteiger partial charge is 0.193 e. The lowest BCUT2D eigenvalue weighted by Gasteiger charge is -2.34. The lowest BCUT2D eigenvalue weighted by atomic mass is 10.1. The van der Waals surface area contributed by atoms with Crippen LogP contribution in [0.4, 0.5) is 4.39 Å². The van der Waals surface area contributed by atoms with Gasteiger partial charge in [-0.05, 0) is 62.9 Å². The fourth-order valence-electron chi connectivity index (χ4n) is 4.19. The van der Waals surface area contributed by atoms with E-state index in [1.54, 1.807) is 16.8 Å². The Morgan fingerprint density at radius 3 is 2.75 bits per heavy atom. The van der Waals surface area contributed by atoms with Gasteiger partial charge in [0.2, 0.25) is 0 Å². The molecule has 1 unspecified atom stereocenters. The van der Waals surface area contributed by atoms with Crippen LogP contribution < -0.4 is 5.32 Å². The summed E-state index contributed by atoms with van der Waals surface area (Å²) in [5.41, 5.74) is 1.81. The highest BCUT2D eigenvalue weighted by Crippen LogP contribution is 2.18. The van der Waals surface area contributed by atoms with Gasteiger partial charge < -0.3 is 19.7 Å². The molecule has 2 fully saturated rings. The number of rotatable bonds is 8. The van der Waals surface area contributed by atoms with E-state index >= 15 is 0 Å². The SMILES string of the molecule is CCNC(=NCCc1ccn(-c2ccc(F)cc2)n1)N1CCC(OCC2CCCO2)CC1. The fourth-order valence-corrected chi connectivity index (χ4v) is 4.19. The molecule has 1 N–H and O–H groups in total. The molecule has 2 aromatic rings. The van der Waals surface area contributed by atoms with Crippen molar-refractivity contribution in [3.05, 3.63) is 48.0 Å². The number of aromatic nitrogens is 2. The maximum absolute atomic E-state index is 13.1. The quantitative estimate of drug-likeness (QED) is 0.502. The van der Waals surface area contributed by atoms with Gasteiger partial charge in [-0.3, -0.25) is 4.99 Å². The monoisotopic (exact) mass is 443 g/mol. The number of halogens is 1. The van der Waals surface area contributed by atoms with Gasteiger partial charge in [0, 0.05) is 45.4 Å². The summed E-state index contributed by atoms with van der Waals surface area (Å²) in [4.78, 5) is 7.16. The van der Waals surface area contributed by atoms with Crippen molar-refractivity contribution in [3.8, 4) is 5.69 Å². The molecule has 0 amide bonds. The molecule has 2 saturated heterocycles. The van der Waals surface area contributed by atoms with Gasteiger partial charge in [-0.25, -0.2) is 9.07 Å². The highest BCUT2D eigenvalue weighted by molar-refractivity contribution is 5.80. The normalized spacial score (nSPS) is 20.1. The third-order valence-electron chi connectivity index (χ3n) is 5.98. The molecular weight excluding hydrogens is 409 g/mol. The maximum Gasteiger partial charge on any atom is 0.193 e. The minimum Gasteiger partial charge on any atom is -0.376 e. The van der Waals surface area contributed by atoms with Crippen molar-refractivity contribution in [2.45, 2.75) is 51.2 Å². The van der Waals surface area contributed by atoms with Crippen molar-refractivity contribution < 1.29 is 13.9 Å². The number of guanidine groups is 1. The lowest BCUT2D eigenvalue weighted by molar-refractivity contribution is -0.0367. The second-order valence-electron chi connectivity index (χ2n) is 8.37. The molecule has 8 heteroatoms. The zero-order valence-electron chi connectivity index (χ0n) is 18.9. The molecule has 3 heterocycles. The number of piperidine rings is 1. The molecule has 1 atom stereocenters. The molecule has 0 bridgehead atoms. The first kappa shape index (κ1) is 22.7. The molecule has 174 valence electrons. The molecule has 7 nitrogen and oxygen atoms in total. The molecule has 1 aromatic heterocycles. The van der Waals surface area contributed by atoms with Gasteiger partial charge in [0.25, 0.3) is 0 Å². The van der Waals surface area contributed by atoms with Crippen LogP contribution in [0.3, 0.4) is 0 Å². The highest BCUT2D eigenvalue weighted by Gasteiger charge is 2.24. The second-order valence-corrected chi connectivity index (χ2v) is 8.37. The molecule has 2 aliphatic heterocycles. The number of ether oxygens (including phenoxy) is 2. The van der Waals surface area contributed by atoms with E-state index in [-0.39, 0.29) is 5.82 Å². The van der Waals surface area contributed by atoms with Crippen LogP contribution in [0.25, 0.3) is 5.69 Å². The van der Waals surface area contributed by atoms with Crippen LogP contribution in [0.1, 0.15) is 38.3 Å². The predicted octanol–water partition coefficient (Wildman–Crippen LogP) is 3.18. The molecule has 0 saturated carbocycles. The summed E-state index contributed by atoms with van der Waals surface area (Å²) in [6.45, 7) is 7.09. The van der Waals surface area contributed by atoms with Crippen LogP contribution >= 0.6 is 0 Å². The fraction of sp³-hybridized carbons (Fsp3) is 0.583. The summed E-state index contributed by atoms with van der Waals surface area (Å²) in [6, 6.07) is 8.33. The van der Waals surface area contributed by atoms with E-state index < -0.39 is 0 Å². The first-order valence-electron chi connectivity index (χ1n) is 11.8. The summed E-state index contributed by atoms with van der Waals surface area (Å²) < 4.78 is 26.6. The van der Waals surface area contributed by atoms with E-state index in [0.717, 1.165) is 82.3 Å². The Bertz CT molecular complexity index is 856. The summed E-state index contributed by atoms with van der Waals surface area (Å²) in [5.74, 6) is 0.716. The van der Waals surface area contributed by atoms with E-state index in [9.17, 15) is 4.39 Å². The molecule has 0 radical (unpaired) electrons. The Hall–Kier alpha value is -2.45. The van der Waals surface area contributed by atoms with Crippen molar-refractivity contribution in [2.75, 3.05) is 39.4 Å². The lowest BCUT2D eigenvalue weighted by Crippen LogP contribution is -2.47. The zero-order valence-corrected chi connectivity index (χ0v) is 18.9. The van der Waals surface area contributed by atoms with Crippen LogP contribution in [0.2, 0.25) is 0 Å². The largest absolute Gasteiger partial charge is 0.376 e. The topological polar surface area (TPSA) is 63.9 Å². The van der Waals surface area contributed by atoms with Crippen LogP contribution in [0.5, 0.6) is 0 Å². The van der Waals surface area contributed by atoms with Crippen molar-refractivity contribution in [1.82, 2.24) is 20.0 Å². The predicted molar refractivity (Wildman–Crippen MR) is 123 cm³/mol. The average Bonchev–Trinajstić information content (AvgIpc) is 3.50. The van der Waals surface area contributed by atoms with Crippen LogP contribution in [-0.2, 0) is 15.9 Å². The third-order valence-corrected chi connectivity index (χ3v) is 5.98. The van der Waals surface area contributed by atoms with Gasteiger partial charge >= 0.3 is 0 Å². The Kier molecular flexibility index (Phi) is 8.12. The Balaban J connectivity index is 1.25. The van der Waals surface area contributed by atoms with Crippen molar-refractivity contribution in [2.24, 2.45) is 4.99 Å². The van der Waals surface area contributed by atoms with Crippen LogP contribution in [0.15, 0.2) is 41.5 Å². The van der Waals surface area contributed by atoms with Crippen molar-refractivity contribution >= 4 is 5.96 Å². The van der Waals surface area contributed by atoms with E-state index in [1.807, 2.05) is 12.3 Å². The summed E-state index contributed by atoms with van der Waals surface area (Å²) in [5, 5.41) is 8.01. The zero-order chi connectivity index (χ0) is 22.2. The summed E-state index contributed by atoms with van der Waals surface area (Å²) in [7, 11) is 0. The number of nitrogens with one attached hydrogen (secondary N) is 1. The Labute approximate surface area is 189 Å². The molecule has 32 heavy (non-hydrogen) atoms. The number of benzene rings is 1. The highest BCUT2D eigenvalue weighted by atomic mass is 19.1. The second kappa shape index (κ2) is 11.4. The van der Waals surface area contributed by atoms with Gasteiger partial charge in [-0.1, -0.05) is 0 Å². The standard InChI is InChI=1S/C24H34FN5O2/c1-2-26-24(29-14-11-22(12-15-29)32-18-23-4-3-17-31-23)27-13-9-20-10-16-30(28-20)21-7-5-19(25)6-8-21/h5-8,10,16,22-23H,2-4,9,11-15,17-18H2,1H3,(H,26,27). The van der Waals surface area contributed by atoms with E-state index in [0.29, 0.717) is 18.8 Å². The number of hydrogen-bond acceptors (Lipinski definition) is 4. The summed E-state index contributed by atoms with van der Waals surface area (Å²) in [6.07, 6.45) is 7.56. The summed E-state index contributed by atoms with van der Waals surface area (Å²) >= 11 is 0. The van der Waals surface area contributed by atoms with E-state index in [2.05, 4.69) is 22.2 Å². The van der Waals surface area contributed by atoms with Gasteiger partial charge in [0.05, 0.1) is 30.2 Å². The number of aliphatic imine (C=N–C) groups is 1. The van der Waals surface area contributed by atoms with Gasteiger partial charge in [0.15, 0.2) is 5.96 Å². The maximum atomic E-state index is 13.1. The molecule has 2 aliphatic rings. The molecule has 0 aliphatic carbocycles. The first-order chi connectivity index (χ1) is 15.7. The van der Waals surface area contributed by atoms with Gasteiger partial charge in [-0.2, -0.15) is 5.10 Å². The van der Waals surface area contributed by atoms with Gasteiger partial charge in [-0.15, -0.1) is 0 Å². The third kappa shape index (κ3) is 6.29. The Morgan fingerprint density at radius 1 is 1.22 bits per heavy atom. The molecule has 4 rings (SSSR count). The van der Waals surface area contributed by atoms with E-state index in [1.165, 1.54) is 12.1 Å². The van der Waals surface area contributed by atoms with Crippen molar-refractivity contribution in [1.29, 1.82) is 0 Å². The number of nitrogens with zero attached hydrogens (tertiary/aromatic N) is 4. The van der Waals surface area contributed by atoms with E-state index in [4.69, 9.17) is 14.5 Å². The number of likely N-dealkylation sites (tertiary alicyclic amines) is 1. The molecule has 0 spiro atoms. The first-order valence-corrected chi connectivity index (χ1v) is 11.8.